The molecule has 2 rings (SSSR count). The van der Waals surface area contributed by atoms with Gasteiger partial charge in [-0.1, -0.05) is 0 Å². The molecular formula is C14H17N3O4. The van der Waals surface area contributed by atoms with Crippen LogP contribution in [0.5, 0.6) is 0 Å². The van der Waals surface area contributed by atoms with Gasteiger partial charge in [0.25, 0.3) is 5.91 Å². The molecule has 0 bridgehead atoms. The van der Waals surface area contributed by atoms with Crippen LogP contribution in [-0.4, -0.2) is 28.0 Å². The molecule has 0 aromatic carbocycles. The van der Waals surface area contributed by atoms with E-state index in [1.165, 1.54) is 30.0 Å². The van der Waals surface area contributed by atoms with Gasteiger partial charge in [-0.15, -0.1) is 0 Å². The van der Waals surface area contributed by atoms with Crippen molar-refractivity contribution in [2.45, 2.75) is 12.5 Å². The van der Waals surface area contributed by atoms with Gasteiger partial charge in [-0.05, 0) is 25.1 Å². The van der Waals surface area contributed by atoms with Crippen LogP contribution < -0.4 is 11.1 Å². The average Bonchev–Trinajstić information content (AvgIpc) is 3.05. The molecule has 4 N–H and O–H groups in total. The second-order valence-electron chi connectivity index (χ2n) is 5.02. The number of carbonyl (C=O) groups is 2. The number of nitrogens with zero attached hydrogens (tertiary/aromatic N) is 1. The van der Waals surface area contributed by atoms with E-state index in [2.05, 4.69) is 5.32 Å². The average molecular weight is 291 g/mol. The Morgan fingerprint density at radius 1 is 1.52 bits per heavy atom. The van der Waals surface area contributed by atoms with Gasteiger partial charge in [0, 0.05) is 13.2 Å². The molecule has 7 heteroatoms. The molecule has 1 atom stereocenters. The van der Waals surface area contributed by atoms with Crippen LogP contribution in [0, 0.1) is 0 Å². The lowest BCUT2D eigenvalue weighted by atomic mass is 10.0. The zero-order chi connectivity index (χ0) is 15.6. The fourth-order valence-electron chi connectivity index (χ4n) is 1.94. The number of hydrogen-bond acceptors (Lipinski definition) is 4. The second-order valence-corrected chi connectivity index (χ2v) is 5.02. The molecule has 0 aliphatic carbocycles. The van der Waals surface area contributed by atoms with Gasteiger partial charge in [0.05, 0.1) is 18.4 Å². The van der Waals surface area contributed by atoms with E-state index in [-0.39, 0.29) is 17.8 Å². The molecular weight excluding hydrogens is 274 g/mol. The fraction of sp³-hybridized carbons (Fsp3) is 0.286. The predicted octanol–water partition coefficient (Wildman–Crippen LogP) is 0.355. The summed E-state index contributed by atoms with van der Waals surface area (Å²) in [5.74, 6) is -0.670. The van der Waals surface area contributed by atoms with E-state index < -0.39 is 17.4 Å². The summed E-state index contributed by atoms with van der Waals surface area (Å²) in [6, 6.07) is 4.68. The lowest BCUT2D eigenvalue weighted by molar-refractivity contribution is 0.0329. The third-order valence-electron chi connectivity index (χ3n) is 3.17. The lowest BCUT2D eigenvalue weighted by Crippen LogP contribution is -2.38. The zero-order valence-corrected chi connectivity index (χ0v) is 11.8. The van der Waals surface area contributed by atoms with E-state index in [0.29, 0.717) is 5.76 Å². The first-order valence-corrected chi connectivity index (χ1v) is 6.32. The van der Waals surface area contributed by atoms with Crippen molar-refractivity contribution < 1.29 is 19.1 Å². The van der Waals surface area contributed by atoms with Crippen LogP contribution in [0.3, 0.4) is 0 Å². The quantitative estimate of drug-likeness (QED) is 0.738. The number of nitrogens with one attached hydrogen (secondary N) is 1. The highest BCUT2D eigenvalue weighted by molar-refractivity contribution is 5.98. The van der Waals surface area contributed by atoms with Crippen LogP contribution in [0.25, 0.3) is 0 Å². The molecule has 0 fully saturated rings. The van der Waals surface area contributed by atoms with E-state index in [1.54, 1.807) is 19.2 Å². The van der Waals surface area contributed by atoms with Crippen LogP contribution in [0.4, 0.5) is 0 Å². The third-order valence-corrected chi connectivity index (χ3v) is 3.17. The van der Waals surface area contributed by atoms with Crippen molar-refractivity contribution in [3.05, 3.63) is 47.7 Å². The van der Waals surface area contributed by atoms with Gasteiger partial charge in [0.2, 0.25) is 5.91 Å². The Morgan fingerprint density at radius 3 is 2.76 bits per heavy atom. The first kappa shape index (κ1) is 14.9. The molecule has 2 aromatic heterocycles. The molecule has 2 heterocycles. The SMILES string of the molecule is Cn1cc(C(N)=O)cc1C(=O)NCC(C)(O)c1ccco1. The number of aryl methyl sites for hydroxylation is 1. The first-order valence-electron chi connectivity index (χ1n) is 6.32. The van der Waals surface area contributed by atoms with Crippen molar-refractivity contribution in [1.82, 2.24) is 9.88 Å². The molecule has 0 radical (unpaired) electrons. The van der Waals surface area contributed by atoms with Crippen LogP contribution in [0.1, 0.15) is 33.5 Å². The number of hydrogen-bond donors (Lipinski definition) is 3. The van der Waals surface area contributed by atoms with Gasteiger partial charge in [0.1, 0.15) is 17.1 Å². The number of primary amides is 1. The highest BCUT2D eigenvalue weighted by Crippen LogP contribution is 2.20. The molecule has 2 amide bonds. The summed E-state index contributed by atoms with van der Waals surface area (Å²) in [6.45, 7) is 1.50. The van der Waals surface area contributed by atoms with Gasteiger partial charge in [0.15, 0.2) is 0 Å². The maximum absolute atomic E-state index is 12.1. The van der Waals surface area contributed by atoms with Crippen molar-refractivity contribution in [2.24, 2.45) is 12.8 Å². The zero-order valence-electron chi connectivity index (χ0n) is 11.8. The Bertz CT molecular complexity index is 656. The maximum Gasteiger partial charge on any atom is 0.268 e. The first-order chi connectivity index (χ1) is 9.81. The number of rotatable bonds is 5. The summed E-state index contributed by atoms with van der Waals surface area (Å²) in [6.07, 6.45) is 2.92. The number of amides is 2. The molecule has 7 nitrogen and oxygen atoms in total. The van der Waals surface area contributed by atoms with Crippen molar-refractivity contribution in [3.63, 3.8) is 0 Å². The van der Waals surface area contributed by atoms with Gasteiger partial charge in [-0.25, -0.2) is 0 Å². The summed E-state index contributed by atoms with van der Waals surface area (Å²) in [5.41, 5.74) is 4.37. The standard InChI is InChI=1S/C14H17N3O4/c1-14(20,11-4-3-5-21-11)8-16-13(19)10-6-9(12(15)18)7-17(10)2/h3-7,20H,8H2,1-2H3,(H2,15,18)(H,16,19). The lowest BCUT2D eigenvalue weighted by Gasteiger charge is -2.21. The summed E-state index contributed by atoms with van der Waals surface area (Å²) in [4.78, 5) is 23.2. The summed E-state index contributed by atoms with van der Waals surface area (Å²) in [5, 5.41) is 12.8. The van der Waals surface area contributed by atoms with Crippen LogP contribution in [-0.2, 0) is 12.6 Å². The number of aromatic nitrogens is 1. The van der Waals surface area contributed by atoms with E-state index in [9.17, 15) is 14.7 Å². The summed E-state index contributed by atoms with van der Waals surface area (Å²) < 4.78 is 6.62. The Morgan fingerprint density at radius 2 is 2.24 bits per heavy atom. The van der Waals surface area contributed by atoms with Gasteiger partial charge < -0.3 is 25.1 Å². The Hall–Kier alpha value is -2.54. The molecule has 1 unspecified atom stereocenters. The fourth-order valence-corrected chi connectivity index (χ4v) is 1.94. The number of nitrogens with two attached hydrogens (primary N) is 1. The molecule has 0 aliphatic rings. The van der Waals surface area contributed by atoms with Crippen molar-refractivity contribution in [3.8, 4) is 0 Å². The molecule has 0 saturated carbocycles. The third kappa shape index (κ3) is 3.14. The Balaban J connectivity index is 2.07. The van der Waals surface area contributed by atoms with E-state index >= 15 is 0 Å². The monoisotopic (exact) mass is 291 g/mol. The topological polar surface area (TPSA) is 110 Å². The smallest absolute Gasteiger partial charge is 0.268 e. The van der Waals surface area contributed by atoms with Crippen molar-refractivity contribution in [1.29, 1.82) is 0 Å². The van der Waals surface area contributed by atoms with Crippen LogP contribution in [0.15, 0.2) is 35.1 Å². The highest BCUT2D eigenvalue weighted by Gasteiger charge is 2.27. The van der Waals surface area contributed by atoms with Crippen molar-refractivity contribution >= 4 is 11.8 Å². The van der Waals surface area contributed by atoms with E-state index in [1.807, 2.05) is 0 Å². The summed E-state index contributed by atoms with van der Waals surface area (Å²) >= 11 is 0. The van der Waals surface area contributed by atoms with E-state index in [0.717, 1.165) is 0 Å². The maximum atomic E-state index is 12.1. The van der Waals surface area contributed by atoms with Crippen molar-refractivity contribution in [2.75, 3.05) is 6.54 Å². The van der Waals surface area contributed by atoms with Gasteiger partial charge >= 0.3 is 0 Å². The Kier molecular flexibility index (Phi) is 3.86. The van der Waals surface area contributed by atoms with E-state index in [4.69, 9.17) is 10.2 Å². The number of carbonyl (C=O) groups excluding carboxylic acids is 2. The second kappa shape index (κ2) is 5.45. The summed E-state index contributed by atoms with van der Waals surface area (Å²) in [7, 11) is 1.63. The minimum atomic E-state index is -1.32. The van der Waals surface area contributed by atoms with Gasteiger partial charge in [-0.2, -0.15) is 0 Å². The van der Waals surface area contributed by atoms with Crippen LogP contribution in [0.2, 0.25) is 0 Å². The molecule has 0 aliphatic heterocycles. The highest BCUT2D eigenvalue weighted by atomic mass is 16.4. The largest absolute Gasteiger partial charge is 0.466 e. The number of furan rings is 1. The van der Waals surface area contributed by atoms with Gasteiger partial charge in [-0.3, -0.25) is 9.59 Å². The molecule has 0 saturated heterocycles. The number of aliphatic hydroxyl groups is 1. The molecule has 112 valence electrons. The molecule has 2 aromatic rings. The minimum absolute atomic E-state index is 0.0313. The molecule has 21 heavy (non-hydrogen) atoms. The Labute approximate surface area is 121 Å². The molecule has 0 spiro atoms. The minimum Gasteiger partial charge on any atom is -0.466 e. The predicted molar refractivity (Wildman–Crippen MR) is 74.5 cm³/mol. The van der Waals surface area contributed by atoms with Crippen LogP contribution >= 0.6 is 0 Å². The normalized spacial score (nSPS) is 13.7.